The van der Waals surface area contributed by atoms with Crippen molar-refractivity contribution in [1.82, 2.24) is 15.5 Å². The molecule has 1 aromatic heterocycles. The van der Waals surface area contributed by atoms with Crippen molar-refractivity contribution in [1.29, 1.82) is 0 Å². The van der Waals surface area contributed by atoms with E-state index in [1.165, 1.54) is 5.57 Å². The summed E-state index contributed by atoms with van der Waals surface area (Å²) in [6.07, 6.45) is 6.87. The second-order valence-corrected chi connectivity index (χ2v) is 5.48. The predicted molar refractivity (Wildman–Crippen MR) is 73.3 cm³/mol. The summed E-state index contributed by atoms with van der Waals surface area (Å²) < 4.78 is 5.21. The van der Waals surface area contributed by atoms with Crippen LogP contribution in [0.2, 0.25) is 0 Å². The summed E-state index contributed by atoms with van der Waals surface area (Å²) >= 11 is 0. The Hall–Kier alpha value is -2.04. The van der Waals surface area contributed by atoms with Crippen LogP contribution in [0.1, 0.15) is 39.3 Å². The maximum Gasteiger partial charge on any atom is 0.411 e. The van der Waals surface area contributed by atoms with Crippen molar-refractivity contribution in [3.05, 3.63) is 35.8 Å². The standard InChI is InChI=1S/C14H19N3O2/c1-14(2,3)19-13(18)16-11-6-4-10(5-7-11)12-8-9-15-17-12/h4,6,8-9H,5,7H2,1-3H3,(H,15,17)(H,16,18). The van der Waals surface area contributed by atoms with Gasteiger partial charge in [-0.2, -0.15) is 5.10 Å². The van der Waals surface area contributed by atoms with Crippen molar-refractivity contribution in [2.75, 3.05) is 0 Å². The van der Waals surface area contributed by atoms with Crippen LogP contribution in [0.5, 0.6) is 0 Å². The van der Waals surface area contributed by atoms with Gasteiger partial charge < -0.3 is 4.74 Å². The van der Waals surface area contributed by atoms with Gasteiger partial charge in [0.1, 0.15) is 5.60 Å². The molecule has 0 fully saturated rings. The molecule has 1 amide bonds. The van der Waals surface area contributed by atoms with Gasteiger partial charge >= 0.3 is 6.09 Å². The average Bonchev–Trinajstić information content (AvgIpc) is 2.80. The Kier molecular flexibility index (Phi) is 3.74. The molecule has 0 spiro atoms. The molecule has 1 heterocycles. The molecule has 19 heavy (non-hydrogen) atoms. The van der Waals surface area contributed by atoms with Crippen LogP contribution in [0.15, 0.2) is 30.1 Å². The molecule has 2 N–H and O–H groups in total. The number of allylic oxidation sites excluding steroid dienone is 4. The molecular weight excluding hydrogens is 242 g/mol. The van der Waals surface area contributed by atoms with E-state index >= 15 is 0 Å². The van der Waals surface area contributed by atoms with E-state index in [4.69, 9.17) is 4.74 Å². The topological polar surface area (TPSA) is 67.0 Å². The van der Waals surface area contributed by atoms with Gasteiger partial charge in [-0.25, -0.2) is 4.79 Å². The monoisotopic (exact) mass is 261 g/mol. The zero-order valence-electron chi connectivity index (χ0n) is 11.5. The van der Waals surface area contributed by atoms with Crippen LogP contribution in [0.25, 0.3) is 5.57 Å². The van der Waals surface area contributed by atoms with Crippen LogP contribution in [-0.4, -0.2) is 21.9 Å². The first-order valence-electron chi connectivity index (χ1n) is 6.33. The number of hydrogen-bond donors (Lipinski definition) is 2. The van der Waals surface area contributed by atoms with Crippen molar-refractivity contribution in [2.24, 2.45) is 0 Å². The highest BCUT2D eigenvalue weighted by molar-refractivity contribution is 5.72. The zero-order valence-corrected chi connectivity index (χ0v) is 11.5. The van der Waals surface area contributed by atoms with Crippen LogP contribution in [0, 0.1) is 0 Å². The molecule has 1 aromatic rings. The van der Waals surface area contributed by atoms with E-state index in [1.807, 2.05) is 39.0 Å². The summed E-state index contributed by atoms with van der Waals surface area (Å²) in [6, 6.07) is 1.94. The number of aromatic nitrogens is 2. The fourth-order valence-electron chi connectivity index (χ4n) is 1.84. The zero-order chi connectivity index (χ0) is 13.9. The third kappa shape index (κ3) is 3.98. The second-order valence-electron chi connectivity index (χ2n) is 5.48. The Labute approximate surface area is 112 Å². The van der Waals surface area contributed by atoms with Gasteiger partial charge in [0.15, 0.2) is 0 Å². The SMILES string of the molecule is CC(C)(C)OC(=O)NC1=CC=C(c2ccn[nH]2)CC1. The maximum atomic E-state index is 11.6. The van der Waals surface area contributed by atoms with Crippen LogP contribution < -0.4 is 5.32 Å². The molecule has 0 radical (unpaired) electrons. The number of amides is 1. The van der Waals surface area contributed by atoms with E-state index in [0.29, 0.717) is 0 Å². The molecule has 1 aliphatic rings. The number of nitrogens with one attached hydrogen (secondary N) is 2. The van der Waals surface area contributed by atoms with Gasteiger partial charge in [-0.05, 0) is 51.3 Å². The minimum absolute atomic E-state index is 0.405. The number of hydrogen-bond acceptors (Lipinski definition) is 3. The molecular formula is C14H19N3O2. The number of rotatable bonds is 2. The molecule has 0 aliphatic heterocycles. The lowest BCUT2D eigenvalue weighted by atomic mass is 10.0. The van der Waals surface area contributed by atoms with Gasteiger partial charge in [0.25, 0.3) is 0 Å². The molecule has 0 unspecified atom stereocenters. The molecule has 102 valence electrons. The first-order chi connectivity index (χ1) is 8.94. The number of carbonyl (C=O) groups is 1. The van der Waals surface area contributed by atoms with Crippen LogP contribution >= 0.6 is 0 Å². The number of aromatic amines is 1. The highest BCUT2D eigenvalue weighted by Gasteiger charge is 2.18. The summed E-state index contributed by atoms with van der Waals surface area (Å²) in [4.78, 5) is 11.6. The highest BCUT2D eigenvalue weighted by Crippen LogP contribution is 2.24. The van der Waals surface area contributed by atoms with Gasteiger partial charge in [0.05, 0.1) is 5.69 Å². The molecule has 0 saturated heterocycles. The number of nitrogens with zero attached hydrogens (tertiary/aromatic N) is 1. The molecule has 2 rings (SSSR count). The Bertz CT molecular complexity index is 507. The lowest BCUT2D eigenvalue weighted by molar-refractivity contribution is 0.0544. The van der Waals surface area contributed by atoms with Crippen molar-refractivity contribution in [2.45, 2.75) is 39.2 Å². The Morgan fingerprint density at radius 1 is 1.37 bits per heavy atom. The lowest BCUT2D eigenvalue weighted by Crippen LogP contribution is -2.32. The minimum Gasteiger partial charge on any atom is -0.444 e. The van der Waals surface area contributed by atoms with Crippen molar-refractivity contribution < 1.29 is 9.53 Å². The van der Waals surface area contributed by atoms with Crippen molar-refractivity contribution in [3.63, 3.8) is 0 Å². The van der Waals surface area contributed by atoms with Crippen molar-refractivity contribution >= 4 is 11.7 Å². The molecule has 0 atom stereocenters. The normalized spacial score (nSPS) is 15.5. The first-order valence-corrected chi connectivity index (χ1v) is 6.33. The Morgan fingerprint density at radius 3 is 2.68 bits per heavy atom. The third-order valence-corrected chi connectivity index (χ3v) is 2.66. The quantitative estimate of drug-likeness (QED) is 0.860. The molecule has 0 aromatic carbocycles. The number of ether oxygens (including phenoxy) is 1. The van der Waals surface area contributed by atoms with Gasteiger partial charge in [0.2, 0.25) is 0 Å². The molecule has 1 aliphatic carbocycles. The fraction of sp³-hybridized carbons (Fsp3) is 0.429. The maximum absolute atomic E-state index is 11.6. The Balaban J connectivity index is 1.95. The smallest absolute Gasteiger partial charge is 0.411 e. The van der Waals surface area contributed by atoms with Crippen LogP contribution in [0.4, 0.5) is 4.79 Å². The predicted octanol–water partition coefficient (Wildman–Crippen LogP) is 3.00. The van der Waals surface area contributed by atoms with Crippen LogP contribution in [0.3, 0.4) is 0 Å². The van der Waals surface area contributed by atoms with Crippen LogP contribution in [-0.2, 0) is 4.74 Å². The van der Waals surface area contributed by atoms with E-state index < -0.39 is 11.7 Å². The lowest BCUT2D eigenvalue weighted by Gasteiger charge is -2.21. The number of carbonyl (C=O) groups excluding carboxylic acids is 1. The van der Waals surface area contributed by atoms with E-state index in [2.05, 4.69) is 15.5 Å². The minimum atomic E-state index is -0.476. The Morgan fingerprint density at radius 2 is 2.16 bits per heavy atom. The summed E-state index contributed by atoms with van der Waals surface area (Å²) in [6.45, 7) is 5.54. The molecule has 0 bridgehead atoms. The summed E-state index contributed by atoms with van der Waals surface area (Å²) in [7, 11) is 0. The highest BCUT2D eigenvalue weighted by atomic mass is 16.6. The number of alkyl carbamates (subject to hydrolysis) is 1. The third-order valence-electron chi connectivity index (χ3n) is 2.66. The second kappa shape index (κ2) is 5.30. The molecule has 5 heteroatoms. The summed E-state index contributed by atoms with van der Waals surface area (Å²) in [5, 5.41) is 9.63. The van der Waals surface area contributed by atoms with Gasteiger partial charge in [-0.3, -0.25) is 10.4 Å². The summed E-state index contributed by atoms with van der Waals surface area (Å²) in [5.74, 6) is 0. The first kappa shape index (κ1) is 13.4. The molecule has 0 saturated carbocycles. The number of H-pyrrole nitrogens is 1. The largest absolute Gasteiger partial charge is 0.444 e. The van der Waals surface area contributed by atoms with E-state index in [9.17, 15) is 4.79 Å². The van der Waals surface area contributed by atoms with Gasteiger partial charge in [-0.1, -0.05) is 6.08 Å². The van der Waals surface area contributed by atoms with E-state index in [1.54, 1.807) is 6.20 Å². The average molecular weight is 261 g/mol. The molecule has 5 nitrogen and oxygen atoms in total. The van der Waals surface area contributed by atoms with Gasteiger partial charge in [-0.15, -0.1) is 0 Å². The van der Waals surface area contributed by atoms with E-state index in [-0.39, 0.29) is 0 Å². The van der Waals surface area contributed by atoms with E-state index in [0.717, 1.165) is 24.2 Å². The fourth-order valence-corrected chi connectivity index (χ4v) is 1.84. The summed E-state index contributed by atoms with van der Waals surface area (Å²) in [5.41, 5.74) is 2.60. The van der Waals surface area contributed by atoms with Crippen molar-refractivity contribution in [3.8, 4) is 0 Å². The van der Waals surface area contributed by atoms with Gasteiger partial charge in [0, 0.05) is 11.9 Å².